The number of hydrogen-bond donors (Lipinski definition) is 2. The van der Waals surface area contributed by atoms with Gasteiger partial charge in [0, 0.05) is 5.54 Å². The first-order valence-electron chi connectivity index (χ1n) is 5.09. The average Bonchev–Trinajstić information content (AvgIpc) is 2.30. The average molecular weight is 185 g/mol. The maximum absolute atomic E-state index is 10.7. The van der Waals surface area contributed by atoms with Crippen LogP contribution < -0.4 is 5.32 Å². The number of rotatable bonds is 3. The normalized spacial score (nSPS) is 22.2. The molecule has 0 bridgehead atoms. The Labute approximate surface area is 79.5 Å². The minimum atomic E-state index is -0.684. The quantitative estimate of drug-likeness (QED) is 0.659. The first-order valence-corrected chi connectivity index (χ1v) is 5.09. The van der Waals surface area contributed by atoms with E-state index in [-0.39, 0.29) is 12.0 Å². The van der Waals surface area contributed by atoms with E-state index in [4.69, 9.17) is 5.11 Å². The van der Waals surface area contributed by atoms with Crippen molar-refractivity contribution < 1.29 is 9.90 Å². The number of carbonyl (C=O) groups is 1. The summed E-state index contributed by atoms with van der Waals surface area (Å²) in [7, 11) is 1.88. The van der Waals surface area contributed by atoms with Crippen LogP contribution >= 0.6 is 0 Å². The topological polar surface area (TPSA) is 49.3 Å². The minimum Gasteiger partial charge on any atom is -0.481 e. The highest BCUT2D eigenvalue weighted by Crippen LogP contribution is 2.29. The van der Waals surface area contributed by atoms with E-state index >= 15 is 0 Å². The van der Waals surface area contributed by atoms with Crippen molar-refractivity contribution >= 4 is 5.97 Å². The Hall–Kier alpha value is -0.570. The van der Waals surface area contributed by atoms with Crippen LogP contribution in [0.3, 0.4) is 0 Å². The summed E-state index contributed by atoms with van der Waals surface area (Å²) in [5, 5.41) is 12.0. The van der Waals surface area contributed by atoms with E-state index in [0.29, 0.717) is 0 Å². The second-order valence-corrected chi connectivity index (χ2v) is 4.02. The highest BCUT2D eigenvalue weighted by molar-refractivity contribution is 5.68. The summed E-state index contributed by atoms with van der Waals surface area (Å²) in [6, 6.07) is 0. The van der Waals surface area contributed by atoms with E-state index in [1.165, 1.54) is 12.8 Å². The molecule has 2 N–H and O–H groups in total. The third-order valence-corrected chi connectivity index (χ3v) is 3.08. The number of aliphatic carboxylic acids is 1. The molecule has 0 unspecified atom stereocenters. The van der Waals surface area contributed by atoms with Crippen LogP contribution in [0, 0.1) is 0 Å². The van der Waals surface area contributed by atoms with Gasteiger partial charge in [-0.2, -0.15) is 0 Å². The fourth-order valence-electron chi connectivity index (χ4n) is 2.21. The Morgan fingerprint density at radius 2 is 1.85 bits per heavy atom. The Morgan fingerprint density at radius 1 is 1.31 bits per heavy atom. The minimum absolute atomic E-state index is 0.123. The zero-order chi connectivity index (χ0) is 9.73. The Kier molecular flexibility index (Phi) is 3.72. The van der Waals surface area contributed by atoms with Crippen molar-refractivity contribution in [3.63, 3.8) is 0 Å². The van der Waals surface area contributed by atoms with Gasteiger partial charge in [0.2, 0.25) is 0 Å². The van der Waals surface area contributed by atoms with Gasteiger partial charge in [-0.1, -0.05) is 25.7 Å². The molecular weight excluding hydrogens is 166 g/mol. The van der Waals surface area contributed by atoms with E-state index in [1.54, 1.807) is 0 Å². The molecule has 13 heavy (non-hydrogen) atoms. The lowest BCUT2D eigenvalue weighted by molar-refractivity contribution is -0.138. The van der Waals surface area contributed by atoms with E-state index in [2.05, 4.69) is 5.32 Å². The van der Waals surface area contributed by atoms with E-state index in [9.17, 15) is 4.79 Å². The SMILES string of the molecule is CNC1(CC(=O)O)CCCCCC1. The molecule has 0 spiro atoms. The van der Waals surface area contributed by atoms with Gasteiger partial charge in [0.15, 0.2) is 0 Å². The third-order valence-electron chi connectivity index (χ3n) is 3.08. The highest BCUT2D eigenvalue weighted by Gasteiger charge is 2.31. The van der Waals surface area contributed by atoms with E-state index in [1.807, 2.05) is 7.05 Å². The van der Waals surface area contributed by atoms with Crippen molar-refractivity contribution in [3.8, 4) is 0 Å². The predicted molar refractivity (Wildman–Crippen MR) is 51.7 cm³/mol. The first kappa shape index (κ1) is 10.5. The molecule has 1 fully saturated rings. The molecule has 1 rings (SSSR count). The highest BCUT2D eigenvalue weighted by atomic mass is 16.4. The zero-order valence-electron chi connectivity index (χ0n) is 8.31. The van der Waals surface area contributed by atoms with Crippen molar-refractivity contribution in [1.82, 2.24) is 5.32 Å². The number of nitrogens with one attached hydrogen (secondary N) is 1. The standard InChI is InChI=1S/C10H19NO2/c1-11-10(8-9(12)13)6-4-2-3-5-7-10/h11H,2-8H2,1H3,(H,12,13). The summed E-state index contributed by atoms with van der Waals surface area (Å²) < 4.78 is 0. The molecule has 76 valence electrons. The van der Waals surface area contributed by atoms with Crippen molar-refractivity contribution in [1.29, 1.82) is 0 Å². The van der Waals surface area contributed by atoms with Gasteiger partial charge >= 0.3 is 5.97 Å². The summed E-state index contributed by atoms with van der Waals surface area (Å²) in [6.45, 7) is 0. The molecule has 1 saturated carbocycles. The molecule has 0 saturated heterocycles. The van der Waals surface area contributed by atoms with Crippen LogP contribution in [0.15, 0.2) is 0 Å². The lowest BCUT2D eigenvalue weighted by atomic mass is 9.87. The lowest BCUT2D eigenvalue weighted by Crippen LogP contribution is -2.44. The van der Waals surface area contributed by atoms with Crippen molar-refractivity contribution in [2.75, 3.05) is 7.05 Å². The number of carboxylic acids is 1. The van der Waals surface area contributed by atoms with Gasteiger partial charge in [0.05, 0.1) is 6.42 Å². The van der Waals surface area contributed by atoms with Gasteiger partial charge in [-0.25, -0.2) is 0 Å². The fraction of sp³-hybridized carbons (Fsp3) is 0.900. The second kappa shape index (κ2) is 4.61. The molecule has 0 amide bonds. The summed E-state index contributed by atoms with van der Waals surface area (Å²) in [5.41, 5.74) is -0.123. The fourth-order valence-corrected chi connectivity index (χ4v) is 2.21. The van der Waals surface area contributed by atoms with E-state index in [0.717, 1.165) is 25.7 Å². The van der Waals surface area contributed by atoms with Gasteiger partial charge in [0.1, 0.15) is 0 Å². The van der Waals surface area contributed by atoms with Crippen molar-refractivity contribution in [2.24, 2.45) is 0 Å². The zero-order valence-corrected chi connectivity index (χ0v) is 8.31. The van der Waals surface area contributed by atoms with Crippen molar-refractivity contribution in [2.45, 2.75) is 50.5 Å². The molecule has 0 aliphatic heterocycles. The largest absolute Gasteiger partial charge is 0.481 e. The predicted octanol–water partition coefficient (Wildman–Crippen LogP) is 1.77. The molecular formula is C10H19NO2. The van der Waals surface area contributed by atoms with Crippen LogP contribution in [-0.4, -0.2) is 23.7 Å². The molecule has 0 aromatic rings. The third kappa shape index (κ3) is 2.99. The van der Waals surface area contributed by atoms with Gasteiger partial charge in [-0.15, -0.1) is 0 Å². The molecule has 0 aromatic heterocycles. The second-order valence-electron chi connectivity index (χ2n) is 4.02. The summed E-state index contributed by atoms with van der Waals surface area (Å²) in [5.74, 6) is -0.684. The number of carboxylic acid groups (broad SMARTS) is 1. The smallest absolute Gasteiger partial charge is 0.305 e. The molecule has 1 aliphatic rings. The Bertz CT molecular complexity index is 172. The number of hydrogen-bond acceptors (Lipinski definition) is 2. The maximum atomic E-state index is 10.7. The van der Waals surface area contributed by atoms with Crippen LogP contribution in [0.25, 0.3) is 0 Å². The van der Waals surface area contributed by atoms with E-state index < -0.39 is 5.97 Å². The monoisotopic (exact) mass is 185 g/mol. The molecule has 0 heterocycles. The summed E-state index contributed by atoms with van der Waals surface area (Å²) >= 11 is 0. The molecule has 3 heteroatoms. The van der Waals surface area contributed by atoms with Crippen molar-refractivity contribution in [3.05, 3.63) is 0 Å². The molecule has 3 nitrogen and oxygen atoms in total. The summed E-state index contributed by atoms with van der Waals surface area (Å²) in [4.78, 5) is 10.7. The van der Waals surface area contributed by atoms with Gasteiger partial charge in [-0.3, -0.25) is 4.79 Å². The van der Waals surface area contributed by atoms with Gasteiger partial charge < -0.3 is 10.4 Å². The van der Waals surface area contributed by atoms with Gasteiger partial charge in [0.25, 0.3) is 0 Å². The maximum Gasteiger partial charge on any atom is 0.305 e. The van der Waals surface area contributed by atoms with Crippen LogP contribution in [0.2, 0.25) is 0 Å². The molecule has 1 aliphatic carbocycles. The van der Waals surface area contributed by atoms with Crippen LogP contribution in [0.1, 0.15) is 44.9 Å². The summed E-state index contributed by atoms with van der Waals surface area (Å²) in [6.07, 6.45) is 7.11. The molecule has 0 radical (unpaired) electrons. The molecule has 0 atom stereocenters. The molecule has 0 aromatic carbocycles. The Morgan fingerprint density at radius 3 is 2.23 bits per heavy atom. The Balaban J connectivity index is 2.58. The van der Waals surface area contributed by atoms with Crippen LogP contribution in [-0.2, 0) is 4.79 Å². The lowest BCUT2D eigenvalue weighted by Gasteiger charge is -2.30. The van der Waals surface area contributed by atoms with Crippen LogP contribution in [0.4, 0.5) is 0 Å². The van der Waals surface area contributed by atoms with Gasteiger partial charge in [-0.05, 0) is 19.9 Å². The first-order chi connectivity index (χ1) is 6.18. The van der Waals surface area contributed by atoms with Crippen LogP contribution in [0.5, 0.6) is 0 Å².